The average molecular weight is 260 g/mol. The fraction of sp³-hybridized carbons (Fsp3) is 0.615. The summed E-state index contributed by atoms with van der Waals surface area (Å²) in [5, 5.41) is 16.0. The van der Waals surface area contributed by atoms with E-state index in [0.29, 0.717) is 12.1 Å². The highest BCUT2D eigenvalue weighted by atomic mass is 15.3. The van der Waals surface area contributed by atoms with E-state index >= 15 is 0 Å². The Morgan fingerprint density at radius 3 is 2.84 bits per heavy atom. The van der Waals surface area contributed by atoms with E-state index in [1.54, 1.807) is 0 Å². The monoisotopic (exact) mass is 260 g/mol. The van der Waals surface area contributed by atoms with Gasteiger partial charge in [-0.25, -0.2) is 0 Å². The van der Waals surface area contributed by atoms with Crippen LogP contribution in [-0.4, -0.2) is 24.5 Å². The summed E-state index contributed by atoms with van der Waals surface area (Å²) in [6.45, 7) is 7.05. The number of hydrogen-bond donors (Lipinski definition) is 1. The molecule has 102 valence electrons. The topological polar surface area (TPSA) is 60.6 Å². The highest BCUT2D eigenvalue weighted by Crippen LogP contribution is 2.36. The molecule has 2 aromatic heterocycles. The second-order valence-corrected chi connectivity index (χ2v) is 5.46. The molecule has 6 heteroatoms. The lowest BCUT2D eigenvalue weighted by molar-refractivity contribution is 0.529. The third kappa shape index (κ3) is 2.47. The van der Waals surface area contributed by atoms with Crippen molar-refractivity contribution in [2.24, 2.45) is 0 Å². The first-order valence-corrected chi connectivity index (χ1v) is 6.83. The number of aryl methyl sites for hydroxylation is 1. The Bertz CT molecular complexity index is 563. The van der Waals surface area contributed by atoms with Crippen LogP contribution in [0, 0.1) is 6.92 Å². The lowest BCUT2D eigenvalue weighted by atomic mass is 10.2. The molecule has 0 saturated heterocycles. The predicted molar refractivity (Wildman–Crippen MR) is 73.0 cm³/mol. The zero-order valence-corrected chi connectivity index (χ0v) is 11.7. The molecule has 1 fully saturated rings. The van der Waals surface area contributed by atoms with Crippen molar-refractivity contribution in [2.75, 3.05) is 5.32 Å². The molecule has 0 bridgehead atoms. The van der Waals surface area contributed by atoms with Crippen LogP contribution in [0.3, 0.4) is 0 Å². The maximum absolute atomic E-state index is 4.51. The molecule has 0 aromatic carbocycles. The fourth-order valence-corrected chi connectivity index (χ4v) is 2.12. The number of anilines is 1. The van der Waals surface area contributed by atoms with Crippen molar-refractivity contribution in [1.29, 1.82) is 0 Å². The zero-order valence-electron chi connectivity index (χ0n) is 11.7. The van der Waals surface area contributed by atoms with E-state index in [-0.39, 0.29) is 0 Å². The summed E-state index contributed by atoms with van der Waals surface area (Å²) < 4.78 is 4.13. The summed E-state index contributed by atoms with van der Waals surface area (Å²) in [4.78, 5) is 0. The van der Waals surface area contributed by atoms with Crippen LogP contribution in [0.2, 0.25) is 0 Å². The minimum Gasteiger partial charge on any atom is -0.350 e. The first-order valence-electron chi connectivity index (χ1n) is 6.83. The summed E-state index contributed by atoms with van der Waals surface area (Å²) in [6, 6.07) is 0.986. The van der Waals surface area contributed by atoms with Crippen LogP contribution >= 0.6 is 0 Å². The summed E-state index contributed by atoms with van der Waals surface area (Å²) in [5.74, 6) is 0.860. The van der Waals surface area contributed by atoms with Gasteiger partial charge in [-0.15, -0.1) is 10.2 Å². The Labute approximate surface area is 112 Å². The van der Waals surface area contributed by atoms with Crippen molar-refractivity contribution in [3.8, 4) is 0 Å². The quantitative estimate of drug-likeness (QED) is 0.896. The van der Waals surface area contributed by atoms with Crippen LogP contribution in [0.5, 0.6) is 0 Å². The van der Waals surface area contributed by atoms with Crippen molar-refractivity contribution in [2.45, 2.75) is 52.2 Å². The van der Waals surface area contributed by atoms with Crippen LogP contribution in [0.4, 0.5) is 5.95 Å². The third-order valence-corrected chi connectivity index (χ3v) is 3.50. The van der Waals surface area contributed by atoms with E-state index in [2.05, 4.69) is 45.2 Å². The Kier molecular flexibility index (Phi) is 3.00. The van der Waals surface area contributed by atoms with Gasteiger partial charge in [0, 0.05) is 30.4 Å². The van der Waals surface area contributed by atoms with Crippen LogP contribution < -0.4 is 5.32 Å². The first-order chi connectivity index (χ1) is 9.15. The maximum atomic E-state index is 4.51. The Morgan fingerprint density at radius 2 is 2.21 bits per heavy atom. The molecule has 0 atom stereocenters. The van der Waals surface area contributed by atoms with Crippen LogP contribution in [0.1, 0.15) is 50.0 Å². The highest BCUT2D eigenvalue weighted by molar-refractivity contribution is 5.29. The summed E-state index contributed by atoms with van der Waals surface area (Å²) >= 11 is 0. The van der Waals surface area contributed by atoms with Gasteiger partial charge in [-0.2, -0.15) is 5.10 Å². The number of hydrogen-bond acceptors (Lipinski definition) is 4. The van der Waals surface area contributed by atoms with Crippen LogP contribution in [0.15, 0.2) is 12.5 Å². The minimum atomic E-state index is 0.391. The highest BCUT2D eigenvalue weighted by Gasteiger charge is 2.26. The normalized spacial score (nSPS) is 15.2. The molecule has 1 saturated carbocycles. The van der Waals surface area contributed by atoms with Gasteiger partial charge in [0.25, 0.3) is 0 Å². The second-order valence-electron chi connectivity index (χ2n) is 5.46. The second kappa shape index (κ2) is 4.68. The molecule has 0 aliphatic heterocycles. The number of nitrogens with zero attached hydrogens (tertiary/aromatic N) is 5. The number of aromatic nitrogens is 5. The van der Waals surface area contributed by atoms with E-state index < -0.39 is 0 Å². The van der Waals surface area contributed by atoms with Crippen molar-refractivity contribution in [3.63, 3.8) is 0 Å². The van der Waals surface area contributed by atoms with Gasteiger partial charge in [-0.05, 0) is 33.6 Å². The van der Waals surface area contributed by atoms with E-state index in [4.69, 9.17) is 0 Å². The lowest BCUT2D eigenvalue weighted by Crippen LogP contribution is -2.06. The summed E-state index contributed by atoms with van der Waals surface area (Å²) in [6.07, 6.45) is 6.38. The van der Waals surface area contributed by atoms with Crippen molar-refractivity contribution in [3.05, 3.63) is 23.8 Å². The third-order valence-electron chi connectivity index (χ3n) is 3.50. The molecule has 0 spiro atoms. The molecule has 0 amide bonds. The van der Waals surface area contributed by atoms with Gasteiger partial charge >= 0.3 is 0 Å². The molecule has 1 N–H and O–H groups in total. The molecule has 19 heavy (non-hydrogen) atoms. The van der Waals surface area contributed by atoms with Crippen LogP contribution in [0.25, 0.3) is 0 Å². The SMILES string of the molecule is Cc1nn(C(C)C)cc1CNc1nncn1C1CC1. The Balaban J connectivity index is 1.70. The smallest absolute Gasteiger partial charge is 0.224 e. The van der Waals surface area contributed by atoms with Crippen LogP contribution in [-0.2, 0) is 6.54 Å². The molecule has 3 rings (SSSR count). The first kappa shape index (κ1) is 12.2. The Hall–Kier alpha value is -1.85. The number of rotatable bonds is 5. The molecular weight excluding hydrogens is 240 g/mol. The van der Waals surface area contributed by atoms with Gasteiger partial charge in [-0.1, -0.05) is 0 Å². The maximum Gasteiger partial charge on any atom is 0.224 e. The molecule has 1 aliphatic rings. The van der Waals surface area contributed by atoms with E-state index in [9.17, 15) is 0 Å². The van der Waals surface area contributed by atoms with E-state index in [1.807, 2.05) is 17.9 Å². The van der Waals surface area contributed by atoms with Crippen molar-refractivity contribution >= 4 is 5.95 Å². The van der Waals surface area contributed by atoms with Gasteiger partial charge in [0.15, 0.2) is 0 Å². The van der Waals surface area contributed by atoms with E-state index in [1.165, 1.54) is 18.4 Å². The molecule has 1 aliphatic carbocycles. The fourth-order valence-electron chi connectivity index (χ4n) is 2.12. The van der Waals surface area contributed by atoms with Gasteiger partial charge < -0.3 is 5.32 Å². The molecule has 2 aromatic rings. The molecule has 6 nitrogen and oxygen atoms in total. The van der Waals surface area contributed by atoms with E-state index in [0.717, 1.165) is 18.2 Å². The Morgan fingerprint density at radius 1 is 1.42 bits per heavy atom. The molecule has 0 unspecified atom stereocenters. The zero-order chi connectivity index (χ0) is 13.4. The predicted octanol–water partition coefficient (Wildman–Crippen LogP) is 2.31. The summed E-state index contributed by atoms with van der Waals surface area (Å²) in [5.41, 5.74) is 2.28. The molecular formula is C13H20N6. The van der Waals surface area contributed by atoms with Crippen molar-refractivity contribution in [1.82, 2.24) is 24.5 Å². The standard InChI is InChI=1S/C13H20N6/c1-9(2)19-7-11(10(3)17-19)6-14-13-16-15-8-18(13)12-4-5-12/h7-9,12H,4-6H2,1-3H3,(H,14,16). The van der Waals surface area contributed by atoms with Gasteiger partial charge in [0.2, 0.25) is 5.95 Å². The van der Waals surface area contributed by atoms with Gasteiger partial charge in [0.1, 0.15) is 6.33 Å². The largest absolute Gasteiger partial charge is 0.350 e. The van der Waals surface area contributed by atoms with Gasteiger partial charge in [-0.3, -0.25) is 9.25 Å². The molecule has 2 heterocycles. The average Bonchev–Trinajstić information content (AvgIpc) is 2.99. The lowest BCUT2D eigenvalue weighted by Gasteiger charge is -2.06. The van der Waals surface area contributed by atoms with Gasteiger partial charge in [0.05, 0.1) is 5.69 Å². The molecule has 0 radical (unpaired) electrons. The minimum absolute atomic E-state index is 0.391. The number of nitrogens with one attached hydrogen (secondary N) is 1. The van der Waals surface area contributed by atoms with Crippen molar-refractivity contribution < 1.29 is 0 Å². The summed E-state index contributed by atoms with van der Waals surface area (Å²) in [7, 11) is 0.